The highest BCUT2D eigenvalue weighted by Gasteiger charge is 2.19. The summed E-state index contributed by atoms with van der Waals surface area (Å²) in [5.41, 5.74) is 0.655. The van der Waals surface area contributed by atoms with E-state index in [2.05, 4.69) is 5.32 Å². The summed E-state index contributed by atoms with van der Waals surface area (Å²) in [5.74, 6) is -1.14. The SMILES string of the molecule is O=C(N[C@@H](CCO)C(=O)O)OCc1ccc(O)cc1. The highest BCUT2D eigenvalue weighted by Crippen LogP contribution is 2.10. The molecule has 0 fully saturated rings. The number of rotatable bonds is 6. The van der Waals surface area contributed by atoms with Gasteiger partial charge in [0.15, 0.2) is 0 Å². The molecule has 0 spiro atoms. The second kappa shape index (κ2) is 7.22. The summed E-state index contributed by atoms with van der Waals surface area (Å²) in [6, 6.07) is 4.86. The lowest BCUT2D eigenvalue weighted by Crippen LogP contribution is -2.41. The second-order valence-electron chi connectivity index (χ2n) is 3.79. The Morgan fingerprint density at radius 3 is 2.42 bits per heavy atom. The predicted molar refractivity (Wildman–Crippen MR) is 64.6 cm³/mol. The molecule has 19 heavy (non-hydrogen) atoms. The Balaban J connectivity index is 2.42. The third-order valence-electron chi connectivity index (χ3n) is 2.31. The maximum atomic E-state index is 11.3. The van der Waals surface area contributed by atoms with Gasteiger partial charge in [-0.1, -0.05) is 12.1 Å². The lowest BCUT2D eigenvalue weighted by atomic mass is 10.2. The van der Waals surface area contributed by atoms with Crippen LogP contribution in [0.2, 0.25) is 0 Å². The van der Waals surface area contributed by atoms with Crippen molar-refractivity contribution in [2.45, 2.75) is 19.1 Å². The number of alkyl carbamates (subject to hydrolysis) is 1. The standard InChI is InChI=1S/C12H15NO6/c14-6-5-10(11(16)17)13-12(18)19-7-8-1-3-9(15)4-2-8/h1-4,10,14-15H,5-7H2,(H,13,18)(H,16,17)/t10-/m0/s1. The number of carboxylic acids is 1. The summed E-state index contributed by atoms with van der Waals surface area (Å²) in [6.07, 6.45) is -0.974. The van der Waals surface area contributed by atoms with Crippen LogP contribution in [-0.2, 0) is 16.1 Å². The van der Waals surface area contributed by atoms with Gasteiger partial charge in [-0.25, -0.2) is 9.59 Å². The Kier molecular flexibility index (Phi) is 5.62. The number of carbonyl (C=O) groups excluding carboxylic acids is 1. The van der Waals surface area contributed by atoms with Crippen LogP contribution < -0.4 is 5.32 Å². The number of aromatic hydroxyl groups is 1. The lowest BCUT2D eigenvalue weighted by Gasteiger charge is -2.13. The first-order valence-corrected chi connectivity index (χ1v) is 5.58. The van der Waals surface area contributed by atoms with Gasteiger partial charge in [0.2, 0.25) is 0 Å². The number of hydrogen-bond acceptors (Lipinski definition) is 5. The highest BCUT2D eigenvalue weighted by atomic mass is 16.5. The van der Waals surface area contributed by atoms with Gasteiger partial charge in [-0.3, -0.25) is 0 Å². The predicted octanol–water partition coefficient (Wildman–Crippen LogP) is 0.454. The van der Waals surface area contributed by atoms with Gasteiger partial charge in [0.25, 0.3) is 0 Å². The zero-order valence-corrected chi connectivity index (χ0v) is 10.1. The molecule has 1 aromatic rings. The molecule has 4 N–H and O–H groups in total. The number of amides is 1. The van der Waals surface area contributed by atoms with Gasteiger partial charge in [-0.15, -0.1) is 0 Å². The molecule has 0 saturated heterocycles. The minimum absolute atomic E-state index is 0.0441. The summed E-state index contributed by atoms with van der Waals surface area (Å²) >= 11 is 0. The fourth-order valence-electron chi connectivity index (χ4n) is 1.31. The van der Waals surface area contributed by atoms with Crippen LogP contribution in [0.3, 0.4) is 0 Å². The molecule has 0 heterocycles. The van der Waals surface area contributed by atoms with E-state index >= 15 is 0 Å². The first-order valence-electron chi connectivity index (χ1n) is 5.58. The normalized spacial score (nSPS) is 11.6. The van der Waals surface area contributed by atoms with E-state index in [4.69, 9.17) is 20.1 Å². The smallest absolute Gasteiger partial charge is 0.408 e. The molecule has 0 aromatic heterocycles. The number of aliphatic carboxylic acids is 1. The number of carbonyl (C=O) groups is 2. The van der Waals surface area contributed by atoms with Crippen LogP contribution in [0.1, 0.15) is 12.0 Å². The molecular formula is C12H15NO6. The Bertz CT molecular complexity index is 430. The van der Waals surface area contributed by atoms with Gasteiger partial charge in [-0.05, 0) is 17.7 Å². The van der Waals surface area contributed by atoms with Gasteiger partial charge in [0, 0.05) is 13.0 Å². The molecule has 0 aliphatic rings. The van der Waals surface area contributed by atoms with Crippen molar-refractivity contribution in [2.24, 2.45) is 0 Å². The van der Waals surface area contributed by atoms with E-state index in [-0.39, 0.29) is 25.4 Å². The first kappa shape index (κ1) is 14.8. The zero-order chi connectivity index (χ0) is 14.3. The van der Waals surface area contributed by atoms with E-state index in [9.17, 15) is 9.59 Å². The van der Waals surface area contributed by atoms with Crippen LogP contribution in [0.4, 0.5) is 4.79 Å². The molecule has 1 aromatic carbocycles. The average Bonchev–Trinajstić information content (AvgIpc) is 2.37. The Labute approximate surface area is 109 Å². The quantitative estimate of drug-likeness (QED) is 0.596. The zero-order valence-electron chi connectivity index (χ0n) is 10.1. The Hall–Kier alpha value is -2.28. The van der Waals surface area contributed by atoms with Crippen molar-refractivity contribution in [3.05, 3.63) is 29.8 Å². The fourth-order valence-corrected chi connectivity index (χ4v) is 1.31. The minimum atomic E-state index is -1.24. The van der Waals surface area contributed by atoms with Crippen LogP contribution in [0, 0.1) is 0 Å². The average molecular weight is 269 g/mol. The summed E-state index contributed by atoms with van der Waals surface area (Å²) < 4.78 is 4.82. The summed E-state index contributed by atoms with van der Waals surface area (Å²) in [7, 11) is 0. The van der Waals surface area contributed by atoms with Gasteiger partial charge in [0.05, 0.1) is 0 Å². The number of phenols is 1. The summed E-state index contributed by atoms with van der Waals surface area (Å²) in [5, 5.41) is 28.6. The molecular weight excluding hydrogens is 254 g/mol. The third kappa shape index (κ3) is 5.26. The number of hydrogen-bond donors (Lipinski definition) is 4. The molecule has 1 atom stereocenters. The van der Waals surface area contributed by atoms with Crippen LogP contribution in [-0.4, -0.2) is 40.0 Å². The van der Waals surface area contributed by atoms with Gasteiger partial charge >= 0.3 is 12.1 Å². The van der Waals surface area contributed by atoms with Crippen molar-refractivity contribution in [3.63, 3.8) is 0 Å². The molecule has 0 aliphatic carbocycles. The number of phenolic OH excluding ortho intramolecular Hbond substituents is 1. The van der Waals surface area contributed by atoms with E-state index in [0.29, 0.717) is 5.56 Å². The lowest BCUT2D eigenvalue weighted by molar-refractivity contribution is -0.139. The molecule has 0 bridgehead atoms. The van der Waals surface area contributed by atoms with Gasteiger partial charge in [-0.2, -0.15) is 0 Å². The Morgan fingerprint density at radius 2 is 1.89 bits per heavy atom. The van der Waals surface area contributed by atoms with Crippen molar-refractivity contribution < 1.29 is 29.6 Å². The van der Waals surface area contributed by atoms with Crippen LogP contribution in [0.25, 0.3) is 0 Å². The van der Waals surface area contributed by atoms with Crippen molar-refractivity contribution in [1.29, 1.82) is 0 Å². The van der Waals surface area contributed by atoms with E-state index in [1.807, 2.05) is 0 Å². The van der Waals surface area contributed by atoms with Crippen LogP contribution in [0.15, 0.2) is 24.3 Å². The molecule has 0 unspecified atom stereocenters. The summed E-state index contributed by atoms with van der Waals surface area (Å²) in [6.45, 7) is -0.396. The van der Waals surface area contributed by atoms with E-state index in [1.165, 1.54) is 12.1 Å². The van der Waals surface area contributed by atoms with Crippen molar-refractivity contribution in [1.82, 2.24) is 5.32 Å². The largest absolute Gasteiger partial charge is 0.508 e. The molecule has 0 radical (unpaired) electrons. The number of nitrogens with one attached hydrogen (secondary N) is 1. The number of benzene rings is 1. The van der Waals surface area contributed by atoms with Crippen molar-refractivity contribution in [2.75, 3.05) is 6.61 Å². The van der Waals surface area contributed by atoms with Gasteiger partial charge < -0.3 is 25.4 Å². The monoisotopic (exact) mass is 269 g/mol. The maximum absolute atomic E-state index is 11.3. The van der Waals surface area contributed by atoms with E-state index in [0.717, 1.165) is 0 Å². The first-order chi connectivity index (χ1) is 9.02. The fraction of sp³-hybridized carbons (Fsp3) is 0.333. The third-order valence-corrected chi connectivity index (χ3v) is 2.31. The minimum Gasteiger partial charge on any atom is -0.508 e. The topological polar surface area (TPSA) is 116 Å². The molecule has 7 nitrogen and oxygen atoms in total. The highest BCUT2D eigenvalue weighted by molar-refractivity contribution is 5.79. The molecule has 7 heteroatoms. The number of aliphatic hydroxyl groups is 1. The van der Waals surface area contributed by atoms with Crippen LogP contribution in [0.5, 0.6) is 5.75 Å². The summed E-state index contributed by atoms with van der Waals surface area (Å²) in [4.78, 5) is 22.1. The van der Waals surface area contributed by atoms with E-state index < -0.39 is 18.1 Å². The molecule has 104 valence electrons. The number of carboxylic acid groups (broad SMARTS) is 1. The molecule has 0 aliphatic heterocycles. The molecule has 1 amide bonds. The van der Waals surface area contributed by atoms with Crippen molar-refractivity contribution in [3.8, 4) is 5.75 Å². The molecule has 0 saturated carbocycles. The second-order valence-corrected chi connectivity index (χ2v) is 3.79. The van der Waals surface area contributed by atoms with Gasteiger partial charge in [0.1, 0.15) is 18.4 Å². The molecule has 1 rings (SSSR count). The van der Waals surface area contributed by atoms with Crippen molar-refractivity contribution >= 4 is 12.1 Å². The number of ether oxygens (including phenoxy) is 1. The number of aliphatic hydroxyl groups excluding tert-OH is 1. The Morgan fingerprint density at radius 1 is 1.26 bits per heavy atom. The maximum Gasteiger partial charge on any atom is 0.408 e. The van der Waals surface area contributed by atoms with E-state index in [1.54, 1.807) is 12.1 Å². The van der Waals surface area contributed by atoms with Crippen LogP contribution >= 0.6 is 0 Å².